The molecule has 5 N–H and O–H groups in total. The number of hydrogen-bond donors (Lipinski definition) is 4. The van der Waals surface area contributed by atoms with Crippen LogP contribution in [0.4, 0.5) is 35.2 Å². The number of nitrogens with one attached hydrogen (secondary N) is 3. The highest BCUT2D eigenvalue weighted by molar-refractivity contribution is 6.03. The maximum absolute atomic E-state index is 13.2. The first-order valence-corrected chi connectivity index (χ1v) is 13.3. The van der Waals surface area contributed by atoms with Crippen LogP contribution in [0.25, 0.3) is 22.2 Å². The molecule has 2 aromatic carbocycles. The number of amides is 3. The first-order chi connectivity index (χ1) is 19.9. The number of likely N-dealkylation sites (N-methyl/N-ethyl adjacent to an activating group) is 1. The van der Waals surface area contributed by atoms with Crippen LogP contribution in [-0.2, 0) is 23.4 Å². The Bertz CT molecular complexity index is 1640. The predicted molar refractivity (Wildman–Crippen MR) is 155 cm³/mol. The van der Waals surface area contributed by atoms with Crippen LogP contribution in [0.15, 0.2) is 54.6 Å². The molecule has 3 amide bonds. The van der Waals surface area contributed by atoms with E-state index in [1.54, 1.807) is 36.0 Å². The summed E-state index contributed by atoms with van der Waals surface area (Å²) < 4.78 is 40.6. The number of rotatable bonds is 8. The molecule has 1 saturated carbocycles. The number of nitrogens with zero attached hydrogens (tertiary/aromatic N) is 4. The fourth-order valence-electron chi connectivity index (χ4n) is 4.84. The van der Waals surface area contributed by atoms with Crippen molar-refractivity contribution in [3.05, 3.63) is 65.9 Å². The number of carbonyl (C=O) groups is 2. The molecule has 5 rings (SSSR count). The third-order valence-corrected chi connectivity index (χ3v) is 7.24. The number of alkyl halides is 3. The van der Waals surface area contributed by atoms with Crippen molar-refractivity contribution in [1.29, 1.82) is 0 Å². The van der Waals surface area contributed by atoms with Crippen LogP contribution in [-0.4, -0.2) is 58.8 Å². The normalized spacial score (nSPS) is 14.2. The summed E-state index contributed by atoms with van der Waals surface area (Å²) in [5, 5.41) is 13.1. The number of hydrogen-bond acceptors (Lipinski definition) is 6. The molecule has 0 spiro atoms. The topological polar surface area (TPSA) is 130 Å². The second-order valence-corrected chi connectivity index (χ2v) is 10.6. The maximum Gasteiger partial charge on any atom is 0.416 e. The van der Waals surface area contributed by atoms with Crippen molar-refractivity contribution in [3.8, 4) is 11.1 Å². The van der Waals surface area contributed by atoms with Gasteiger partial charge in [0, 0.05) is 31.5 Å². The summed E-state index contributed by atoms with van der Waals surface area (Å²) >= 11 is 0. The van der Waals surface area contributed by atoms with Crippen molar-refractivity contribution in [2.75, 3.05) is 43.6 Å². The van der Waals surface area contributed by atoms with Gasteiger partial charge in [0.2, 0.25) is 5.91 Å². The molecule has 1 aliphatic carbocycles. The van der Waals surface area contributed by atoms with E-state index in [1.807, 2.05) is 25.1 Å². The Morgan fingerprint density at radius 2 is 1.74 bits per heavy atom. The average Bonchev–Trinajstić information content (AvgIpc) is 3.69. The number of aryl methyl sites for hydroxylation is 1. The van der Waals surface area contributed by atoms with Gasteiger partial charge in [0.05, 0.1) is 22.1 Å². The van der Waals surface area contributed by atoms with Crippen molar-refractivity contribution in [2.45, 2.75) is 24.4 Å². The summed E-state index contributed by atoms with van der Waals surface area (Å²) in [5.74, 6) is 0.230. The third-order valence-electron chi connectivity index (χ3n) is 7.24. The number of fused-ring (bicyclic) bond motifs is 1. The maximum atomic E-state index is 13.2. The van der Waals surface area contributed by atoms with Gasteiger partial charge < -0.3 is 26.6 Å². The number of pyridine rings is 1. The smallest absolute Gasteiger partial charge is 0.382 e. The molecule has 0 saturated heterocycles. The number of nitrogen functional groups attached to an aromatic ring is 1. The van der Waals surface area contributed by atoms with Gasteiger partial charge in [-0.3, -0.25) is 4.79 Å². The van der Waals surface area contributed by atoms with Gasteiger partial charge in [0.15, 0.2) is 11.5 Å². The molecule has 1 aliphatic rings. The standard InChI is InChI=1S/C29H31F3N8O2/c1-39(2)14-13-34-26(41)28(11-12-28)22-16-21(23-24(33)38-40(3)25(23)37-22)17-7-9-19(10-8-17)35-27(42)36-20-6-4-5-18(15-20)29(30,31)32/h4-10,15-16H,11-14H2,1-3H3,(H2,33,38)(H,34,41)(H2,35,36,42). The lowest BCUT2D eigenvalue weighted by atomic mass is 9.95. The fraction of sp³-hybridized carbons (Fsp3) is 0.310. The van der Waals surface area contributed by atoms with Crippen LogP contribution in [0.1, 0.15) is 24.1 Å². The molecule has 0 bridgehead atoms. The number of urea groups is 1. The van der Waals surface area contributed by atoms with E-state index in [0.717, 1.165) is 29.8 Å². The Labute approximate surface area is 240 Å². The molecule has 4 aromatic rings. The number of carbonyl (C=O) groups excluding carboxylic acids is 2. The number of halogens is 3. The van der Waals surface area contributed by atoms with Gasteiger partial charge in [-0.2, -0.15) is 18.3 Å². The van der Waals surface area contributed by atoms with Gasteiger partial charge in [0.25, 0.3) is 0 Å². The quantitative estimate of drug-likeness (QED) is 0.241. The lowest BCUT2D eigenvalue weighted by Crippen LogP contribution is -2.38. The molecule has 220 valence electrons. The molecule has 1 fully saturated rings. The number of anilines is 3. The van der Waals surface area contributed by atoms with E-state index in [4.69, 9.17) is 10.7 Å². The van der Waals surface area contributed by atoms with Crippen LogP contribution >= 0.6 is 0 Å². The summed E-state index contributed by atoms with van der Waals surface area (Å²) in [6, 6.07) is 12.5. The van der Waals surface area contributed by atoms with Gasteiger partial charge in [-0.25, -0.2) is 14.5 Å². The zero-order chi connectivity index (χ0) is 30.2. The summed E-state index contributed by atoms with van der Waals surface area (Å²) in [6.07, 6.45) is -3.17. The van der Waals surface area contributed by atoms with Crippen molar-refractivity contribution >= 4 is 40.2 Å². The molecule has 0 unspecified atom stereocenters. The van der Waals surface area contributed by atoms with Crippen molar-refractivity contribution in [2.24, 2.45) is 7.05 Å². The van der Waals surface area contributed by atoms with Crippen molar-refractivity contribution in [1.82, 2.24) is 25.0 Å². The van der Waals surface area contributed by atoms with Gasteiger partial charge in [-0.15, -0.1) is 0 Å². The minimum absolute atomic E-state index is 0.0115. The van der Waals surface area contributed by atoms with E-state index in [0.29, 0.717) is 47.6 Å². The molecular formula is C29H31F3N8O2. The molecule has 0 radical (unpaired) electrons. The molecule has 42 heavy (non-hydrogen) atoms. The summed E-state index contributed by atoms with van der Waals surface area (Å²) in [7, 11) is 5.63. The monoisotopic (exact) mass is 580 g/mol. The highest BCUT2D eigenvalue weighted by atomic mass is 19.4. The summed E-state index contributed by atoms with van der Waals surface area (Å²) in [6.45, 7) is 1.24. The van der Waals surface area contributed by atoms with E-state index < -0.39 is 23.2 Å². The zero-order valence-corrected chi connectivity index (χ0v) is 23.3. The van der Waals surface area contributed by atoms with Gasteiger partial charge >= 0.3 is 12.2 Å². The van der Waals surface area contributed by atoms with Crippen LogP contribution in [0, 0.1) is 0 Å². The Hall–Kier alpha value is -4.65. The molecule has 0 aliphatic heterocycles. The summed E-state index contributed by atoms with van der Waals surface area (Å²) in [4.78, 5) is 32.5. The molecule has 2 aromatic heterocycles. The van der Waals surface area contributed by atoms with Crippen LogP contribution in [0.3, 0.4) is 0 Å². The number of nitrogens with two attached hydrogens (primary N) is 1. The minimum atomic E-state index is -4.52. The van der Waals surface area contributed by atoms with E-state index in [9.17, 15) is 22.8 Å². The average molecular weight is 581 g/mol. The first kappa shape index (κ1) is 28.9. The second kappa shape index (κ2) is 11.0. The molecule has 10 nitrogen and oxygen atoms in total. The molecule has 2 heterocycles. The Balaban J connectivity index is 1.39. The van der Waals surface area contributed by atoms with E-state index >= 15 is 0 Å². The highest BCUT2D eigenvalue weighted by Crippen LogP contribution is 2.49. The van der Waals surface area contributed by atoms with Gasteiger partial charge in [-0.05, 0) is 74.5 Å². The lowest BCUT2D eigenvalue weighted by Gasteiger charge is -2.18. The highest BCUT2D eigenvalue weighted by Gasteiger charge is 2.53. The predicted octanol–water partition coefficient (Wildman–Crippen LogP) is 4.59. The zero-order valence-electron chi connectivity index (χ0n) is 23.3. The van der Waals surface area contributed by atoms with Crippen molar-refractivity contribution in [3.63, 3.8) is 0 Å². The summed E-state index contributed by atoms with van der Waals surface area (Å²) in [5.41, 5.74) is 7.80. The Morgan fingerprint density at radius 3 is 2.38 bits per heavy atom. The van der Waals surface area contributed by atoms with Gasteiger partial charge in [0.1, 0.15) is 0 Å². The number of aromatic nitrogens is 3. The third kappa shape index (κ3) is 5.86. The van der Waals surface area contributed by atoms with E-state index in [-0.39, 0.29) is 11.6 Å². The Kier molecular flexibility index (Phi) is 7.54. The minimum Gasteiger partial charge on any atom is -0.382 e. The largest absolute Gasteiger partial charge is 0.416 e. The van der Waals surface area contributed by atoms with Crippen LogP contribution in [0.5, 0.6) is 0 Å². The van der Waals surface area contributed by atoms with Crippen LogP contribution in [0.2, 0.25) is 0 Å². The number of benzene rings is 2. The molecule has 0 atom stereocenters. The SMILES string of the molecule is CN(C)CCNC(=O)C1(c2cc(-c3ccc(NC(=O)Nc4cccc(C(F)(F)F)c4)cc3)c3c(N)nn(C)c3n2)CC1. The van der Waals surface area contributed by atoms with Gasteiger partial charge in [-0.1, -0.05) is 18.2 Å². The fourth-order valence-corrected chi connectivity index (χ4v) is 4.84. The second-order valence-electron chi connectivity index (χ2n) is 10.6. The first-order valence-electron chi connectivity index (χ1n) is 13.3. The lowest BCUT2D eigenvalue weighted by molar-refractivity contribution is -0.137. The Morgan fingerprint density at radius 1 is 1.05 bits per heavy atom. The van der Waals surface area contributed by atoms with E-state index in [2.05, 4.69) is 21.0 Å². The molecular weight excluding hydrogens is 549 g/mol. The van der Waals surface area contributed by atoms with Crippen molar-refractivity contribution < 1.29 is 22.8 Å². The molecule has 13 heteroatoms. The van der Waals surface area contributed by atoms with E-state index in [1.165, 1.54) is 12.1 Å². The van der Waals surface area contributed by atoms with Crippen LogP contribution < -0.4 is 21.7 Å².